The summed E-state index contributed by atoms with van der Waals surface area (Å²) in [5.74, 6) is 0.815. The monoisotopic (exact) mass is 366 g/mol. The van der Waals surface area contributed by atoms with E-state index in [0.29, 0.717) is 12.1 Å². The number of aryl methyl sites for hydroxylation is 1. The Balaban J connectivity index is 1.91. The number of hydrogen-bond acceptors (Lipinski definition) is 2. The van der Waals surface area contributed by atoms with Gasteiger partial charge in [0.05, 0.1) is 6.54 Å². The lowest BCUT2D eigenvalue weighted by atomic mass is 10.1. The molecule has 0 aliphatic rings. The van der Waals surface area contributed by atoms with Crippen LogP contribution in [0.5, 0.6) is 0 Å². The molecule has 0 aliphatic heterocycles. The van der Waals surface area contributed by atoms with Crippen molar-refractivity contribution in [3.05, 3.63) is 70.8 Å². The quantitative estimate of drug-likeness (QED) is 0.585. The van der Waals surface area contributed by atoms with Gasteiger partial charge in [0.25, 0.3) is 5.91 Å². The van der Waals surface area contributed by atoms with Crippen molar-refractivity contribution < 1.29 is 4.79 Å². The van der Waals surface area contributed by atoms with E-state index in [4.69, 9.17) is 0 Å². The van der Waals surface area contributed by atoms with Crippen LogP contribution in [0.25, 0.3) is 0 Å². The Hall–Kier alpha value is -2.82. The molecule has 0 atom stereocenters. The van der Waals surface area contributed by atoms with Crippen LogP contribution in [0.3, 0.4) is 0 Å². The third-order valence-electron chi connectivity index (χ3n) is 4.16. The summed E-state index contributed by atoms with van der Waals surface area (Å²) in [6.07, 6.45) is 0.952. The molecular weight excluding hydrogens is 336 g/mol. The van der Waals surface area contributed by atoms with Crippen molar-refractivity contribution in [3.8, 4) is 0 Å². The van der Waals surface area contributed by atoms with Crippen LogP contribution < -0.4 is 10.6 Å². The molecule has 0 saturated carbocycles. The van der Waals surface area contributed by atoms with Gasteiger partial charge in [-0.1, -0.05) is 42.0 Å². The van der Waals surface area contributed by atoms with E-state index < -0.39 is 0 Å². The number of aliphatic imine (C=N–C) groups is 1. The summed E-state index contributed by atoms with van der Waals surface area (Å²) in [7, 11) is 3.51. The number of nitrogens with one attached hydrogen (secondary N) is 2. The second kappa shape index (κ2) is 10.4. The Morgan fingerprint density at radius 2 is 1.78 bits per heavy atom. The molecule has 0 spiro atoms. The maximum atomic E-state index is 11.9. The van der Waals surface area contributed by atoms with E-state index in [1.165, 1.54) is 11.1 Å². The highest BCUT2D eigenvalue weighted by molar-refractivity contribution is 5.93. The lowest BCUT2D eigenvalue weighted by Gasteiger charge is -2.12. The Morgan fingerprint density at radius 1 is 1.04 bits per heavy atom. The van der Waals surface area contributed by atoms with E-state index in [1.54, 1.807) is 19.0 Å². The molecule has 2 N–H and O–H groups in total. The molecule has 0 aromatic heterocycles. The molecule has 1 amide bonds. The standard InChI is InChI=1S/C22H30N4O/c1-5-23-22(24-14-13-18-8-6-7-17(2)15-18)25-16-19-9-11-20(12-10-19)21(27)26(3)4/h6-12,15H,5,13-14,16H2,1-4H3,(H2,23,24,25). The number of benzene rings is 2. The fourth-order valence-electron chi connectivity index (χ4n) is 2.72. The number of carbonyl (C=O) groups excluding carboxylic acids is 1. The highest BCUT2D eigenvalue weighted by atomic mass is 16.2. The Bertz CT molecular complexity index is 766. The van der Waals surface area contributed by atoms with Crippen molar-refractivity contribution in [1.29, 1.82) is 0 Å². The van der Waals surface area contributed by atoms with Gasteiger partial charge in [0.1, 0.15) is 0 Å². The molecule has 5 heteroatoms. The van der Waals surface area contributed by atoms with E-state index in [2.05, 4.69) is 53.7 Å². The van der Waals surface area contributed by atoms with E-state index >= 15 is 0 Å². The Labute approximate surface area is 162 Å². The second-order valence-electron chi connectivity index (χ2n) is 6.76. The molecule has 0 bridgehead atoms. The van der Waals surface area contributed by atoms with E-state index in [1.807, 2.05) is 24.3 Å². The second-order valence-corrected chi connectivity index (χ2v) is 6.76. The number of carbonyl (C=O) groups is 1. The highest BCUT2D eigenvalue weighted by Crippen LogP contribution is 2.08. The molecular formula is C22H30N4O. The molecule has 0 heterocycles. The van der Waals surface area contributed by atoms with Crippen LogP contribution in [0.15, 0.2) is 53.5 Å². The van der Waals surface area contributed by atoms with Gasteiger partial charge in [-0.05, 0) is 43.5 Å². The van der Waals surface area contributed by atoms with E-state index in [9.17, 15) is 4.79 Å². The molecule has 2 aromatic carbocycles. The number of rotatable bonds is 7. The van der Waals surface area contributed by atoms with Crippen molar-refractivity contribution in [1.82, 2.24) is 15.5 Å². The molecule has 0 aliphatic carbocycles. The number of nitrogens with zero attached hydrogens (tertiary/aromatic N) is 2. The minimum Gasteiger partial charge on any atom is -0.357 e. The molecule has 0 radical (unpaired) electrons. The summed E-state index contributed by atoms with van der Waals surface area (Å²) in [5.41, 5.74) is 4.36. The fourth-order valence-corrected chi connectivity index (χ4v) is 2.72. The summed E-state index contributed by atoms with van der Waals surface area (Å²) < 4.78 is 0. The first kappa shape index (κ1) is 20.5. The van der Waals surface area contributed by atoms with Crippen LogP contribution in [0, 0.1) is 6.92 Å². The zero-order chi connectivity index (χ0) is 19.6. The molecule has 5 nitrogen and oxygen atoms in total. The molecule has 27 heavy (non-hydrogen) atoms. The maximum absolute atomic E-state index is 11.9. The first-order valence-corrected chi connectivity index (χ1v) is 9.38. The van der Waals surface area contributed by atoms with Crippen LogP contribution in [0.1, 0.15) is 34.0 Å². The highest BCUT2D eigenvalue weighted by Gasteiger charge is 2.07. The predicted molar refractivity (Wildman–Crippen MR) is 112 cm³/mol. The minimum absolute atomic E-state index is 0.0104. The van der Waals surface area contributed by atoms with Gasteiger partial charge in [-0.25, -0.2) is 4.99 Å². The van der Waals surface area contributed by atoms with Crippen molar-refractivity contribution in [2.24, 2.45) is 4.99 Å². The number of guanidine groups is 1. The lowest BCUT2D eigenvalue weighted by Crippen LogP contribution is -2.38. The van der Waals surface area contributed by atoms with Gasteiger partial charge in [-0.2, -0.15) is 0 Å². The summed E-state index contributed by atoms with van der Waals surface area (Å²) in [6, 6.07) is 16.2. The fraction of sp³-hybridized carbons (Fsp3) is 0.364. The predicted octanol–water partition coefficient (Wildman–Crippen LogP) is 2.99. The zero-order valence-corrected chi connectivity index (χ0v) is 16.7. The van der Waals surface area contributed by atoms with Gasteiger partial charge in [-0.15, -0.1) is 0 Å². The largest absolute Gasteiger partial charge is 0.357 e. The SMILES string of the molecule is CCNC(=NCc1ccc(C(=O)N(C)C)cc1)NCCc1cccc(C)c1. The van der Waals surface area contributed by atoms with Crippen LogP contribution in [0.2, 0.25) is 0 Å². The van der Waals surface area contributed by atoms with Crippen molar-refractivity contribution in [2.75, 3.05) is 27.2 Å². The normalized spacial score (nSPS) is 11.2. The van der Waals surface area contributed by atoms with Gasteiger partial charge < -0.3 is 15.5 Å². The minimum atomic E-state index is 0.0104. The summed E-state index contributed by atoms with van der Waals surface area (Å²) >= 11 is 0. The smallest absolute Gasteiger partial charge is 0.253 e. The summed E-state index contributed by atoms with van der Waals surface area (Å²) in [5, 5.41) is 6.65. The average Bonchev–Trinajstić information content (AvgIpc) is 2.66. The number of amides is 1. The van der Waals surface area contributed by atoms with Crippen molar-refractivity contribution >= 4 is 11.9 Å². The first-order valence-electron chi connectivity index (χ1n) is 9.38. The van der Waals surface area contributed by atoms with Gasteiger partial charge >= 0.3 is 0 Å². The zero-order valence-electron chi connectivity index (χ0n) is 16.7. The lowest BCUT2D eigenvalue weighted by molar-refractivity contribution is 0.0827. The van der Waals surface area contributed by atoms with Crippen LogP contribution in [-0.4, -0.2) is 44.0 Å². The first-order chi connectivity index (χ1) is 13.0. The van der Waals surface area contributed by atoms with Gasteiger partial charge in [0.2, 0.25) is 0 Å². The van der Waals surface area contributed by atoms with Crippen LogP contribution in [-0.2, 0) is 13.0 Å². The summed E-state index contributed by atoms with van der Waals surface area (Å²) in [6.45, 7) is 6.37. The van der Waals surface area contributed by atoms with E-state index in [0.717, 1.165) is 31.0 Å². The number of hydrogen-bond donors (Lipinski definition) is 2. The van der Waals surface area contributed by atoms with E-state index in [-0.39, 0.29) is 5.91 Å². The summed E-state index contributed by atoms with van der Waals surface area (Å²) in [4.78, 5) is 18.2. The van der Waals surface area contributed by atoms with Crippen molar-refractivity contribution in [3.63, 3.8) is 0 Å². The molecule has 144 valence electrons. The van der Waals surface area contributed by atoms with Crippen molar-refractivity contribution in [2.45, 2.75) is 26.8 Å². The van der Waals surface area contributed by atoms with Crippen LogP contribution >= 0.6 is 0 Å². The molecule has 0 fully saturated rings. The maximum Gasteiger partial charge on any atom is 0.253 e. The van der Waals surface area contributed by atoms with Gasteiger partial charge in [0.15, 0.2) is 5.96 Å². The molecule has 0 unspecified atom stereocenters. The van der Waals surface area contributed by atoms with Gasteiger partial charge in [-0.3, -0.25) is 4.79 Å². The Kier molecular flexibility index (Phi) is 7.86. The van der Waals surface area contributed by atoms with Crippen LogP contribution in [0.4, 0.5) is 0 Å². The molecule has 2 aromatic rings. The Morgan fingerprint density at radius 3 is 2.41 bits per heavy atom. The topological polar surface area (TPSA) is 56.7 Å². The molecule has 0 saturated heterocycles. The molecule has 2 rings (SSSR count). The third kappa shape index (κ3) is 6.77. The average molecular weight is 367 g/mol. The van der Waals surface area contributed by atoms with Gasteiger partial charge in [0, 0.05) is 32.7 Å². The third-order valence-corrected chi connectivity index (χ3v) is 4.16.